The van der Waals surface area contributed by atoms with Gasteiger partial charge < -0.3 is 5.73 Å². The summed E-state index contributed by atoms with van der Waals surface area (Å²) in [6.07, 6.45) is 7.42. The Kier molecular flexibility index (Phi) is 9.51. The van der Waals surface area contributed by atoms with Gasteiger partial charge in [-0.15, -0.1) is 11.3 Å². The van der Waals surface area contributed by atoms with Crippen molar-refractivity contribution >= 4 is 28.0 Å². The number of amides is 1. The first kappa shape index (κ1) is 24.1. The number of nitrogens with zero attached hydrogens (tertiary/aromatic N) is 1. The van der Waals surface area contributed by atoms with Crippen LogP contribution in [0.1, 0.15) is 80.9 Å². The molecule has 1 fully saturated rings. The molecular weight excluding hydrogens is 388 g/mol. The number of fused-ring (bicyclic) bond motifs is 1. The maximum atomic E-state index is 11.8. The van der Waals surface area contributed by atoms with Crippen LogP contribution >= 0.6 is 11.3 Å². The highest BCUT2D eigenvalue weighted by molar-refractivity contribution is 7.17. The van der Waals surface area contributed by atoms with Gasteiger partial charge in [0.05, 0.1) is 10.6 Å². The molecule has 2 N–H and O–H groups in total. The van der Waals surface area contributed by atoms with Crippen LogP contribution in [0.5, 0.6) is 0 Å². The fourth-order valence-corrected chi connectivity index (χ4v) is 5.10. The van der Waals surface area contributed by atoms with Gasteiger partial charge in [0.15, 0.2) is 5.01 Å². The van der Waals surface area contributed by atoms with E-state index >= 15 is 0 Å². The second kappa shape index (κ2) is 11.8. The summed E-state index contributed by atoms with van der Waals surface area (Å²) >= 11 is 1.44. The minimum Gasteiger partial charge on any atom is -0.364 e. The van der Waals surface area contributed by atoms with Crippen LogP contribution in [-0.2, 0) is 6.42 Å². The van der Waals surface area contributed by atoms with E-state index in [0.717, 1.165) is 17.0 Å². The average Bonchev–Trinajstić information content (AvgIpc) is 3.21. The monoisotopic (exact) mass is 424 g/mol. The summed E-state index contributed by atoms with van der Waals surface area (Å²) in [5, 5.41) is 2.90. The molecular formula is C26H36N2OS. The zero-order valence-corrected chi connectivity index (χ0v) is 19.9. The van der Waals surface area contributed by atoms with Gasteiger partial charge in [-0.05, 0) is 35.6 Å². The number of carbonyl (C=O) groups is 1. The lowest BCUT2D eigenvalue weighted by Crippen LogP contribution is -2.12. The Morgan fingerprint density at radius 3 is 2.27 bits per heavy atom. The minimum absolute atomic E-state index is 0.426. The molecule has 1 amide bonds. The highest BCUT2D eigenvalue weighted by atomic mass is 32.1. The highest BCUT2D eigenvalue weighted by Crippen LogP contribution is 2.38. The quantitative estimate of drug-likeness (QED) is 0.470. The number of carbonyl (C=O) groups excluding carboxylic acids is 1. The molecule has 0 spiro atoms. The smallest absolute Gasteiger partial charge is 0.277 e. The van der Waals surface area contributed by atoms with Gasteiger partial charge in [-0.25, -0.2) is 4.98 Å². The molecule has 0 atom stereocenters. The molecule has 1 saturated carbocycles. The molecule has 2 aromatic carbocycles. The Bertz CT molecular complexity index is 955. The van der Waals surface area contributed by atoms with Crippen molar-refractivity contribution in [3.63, 3.8) is 0 Å². The fourth-order valence-electron chi connectivity index (χ4n) is 4.12. The largest absolute Gasteiger partial charge is 0.364 e. The molecule has 3 nitrogen and oxygen atoms in total. The van der Waals surface area contributed by atoms with Crippen LogP contribution in [-0.4, -0.2) is 10.9 Å². The number of hydrogen-bond donors (Lipinski definition) is 1. The van der Waals surface area contributed by atoms with E-state index in [1.165, 1.54) is 65.3 Å². The van der Waals surface area contributed by atoms with Gasteiger partial charge in [0, 0.05) is 5.56 Å². The number of hydrogen-bond acceptors (Lipinski definition) is 3. The second-order valence-corrected chi connectivity index (χ2v) is 8.34. The third-order valence-corrected chi connectivity index (χ3v) is 6.65. The molecule has 0 unspecified atom stereocenters. The van der Waals surface area contributed by atoms with Crippen LogP contribution in [0.4, 0.5) is 0 Å². The van der Waals surface area contributed by atoms with E-state index in [-0.39, 0.29) is 0 Å². The predicted octanol–water partition coefficient (Wildman–Crippen LogP) is 7.55. The van der Waals surface area contributed by atoms with E-state index in [1.54, 1.807) is 0 Å². The van der Waals surface area contributed by atoms with Crippen molar-refractivity contribution in [3.05, 3.63) is 52.7 Å². The van der Waals surface area contributed by atoms with E-state index in [0.29, 0.717) is 10.9 Å². The average molecular weight is 425 g/mol. The Morgan fingerprint density at radius 1 is 1.00 bits per heavy atom. The summed E-state index contributed by atoms with van der Waals surface area (Å²) in [5.74, 6) is 0.240. The van der Waals surface area contributed by atoms with Gasteiger partial charge in [0.2, 0.25) is 0 Å². The summed E-state index contributed by atoms with van der Waals surface area (Å²) in [5.41, 5.74) is 9.03. The van der Waals surface area contributed by atoms with E-state index in [2.05, 4.69) is 48.3 Å². The number of primary amides is 1. The molecule has 162 valence electrons. The summed E-state index contributed by atoms with van der Waals surface area (Å²) in [6, 6.07) is 12.8. The molecule has 1 aliphatic rings. The first-order valence-corrected chi connectivity index (χ1v) is 12.2. The molecule has 30 heavy (non-hydrogen) atoms. The van der Waals surface area contributed by atoms with Crippen molar-refractivity contribution in [1.82, 2.24) is 4.98 Å². The van der Waals surface area contributed by atoms with Gasteiger partial charge in [-0.1, -0.05) is 96.2 Å². The van der Waals surface area contributed by atoms with Crippen LogP contribution in [0, 0.1) is 12.8 Å². The zero-order chi connectivity index (χ0) is 22.1. The van der Waals surface area contributed by atoms with Crippen molar-refractivity contribution in [2.24, 2.45) is 11.7 Å². The van der Waals surface area contributed by atoms with Gasteiger partial charge in [0.25, 0.3) is 5.91 Å². The van der Waals surface area contributed by atoms with E-state index in [4.69, 9.17) is 5.73 Å². The van der Waals surface area contributed by atoms with Gasteiger partial charge in [-0.2, -0.15) is 0 Å². The lowest BCUT2D eigenvalue weighted by molar-refractivity contribution is 0.0999. The topological polar surface area (TPSA) is 56.0 Å². The number of aromatic nitrogens is 1. The van der Waals surface area contributed by atoms with E-state index in [9.17, 15) is 4.79 Å². The number of thiazole rings is 1. The molecule has 3 aromatic rings. The number of benzene rings is 2. The minimum atomic E-state index is -0.428. The summed E-state index contributed by atoms with van der Waals surface area (Å²) < 4.78 is 0. The summed E-state index contributed by atoms with van der Waals surface area (Å²) in [6.45, 7) is 10.1. The van der Waals surface area contributed by atoms with Gasteiger partial charge >= 0.3 is 0 Å². The van der Waals surface area contributed by atoms with Crippen molar-refractivity contribution in [2.45, 2.75) is 73.1 Å². The SMILES string of the molecule is CC.CC.Cc1ccc(-c2sc(C(N)=O)nc2CC2CCCCC2)c2ccccc12. The number of nitrogens with two attached hydrogens (primary N) is 1. The summed E-state index contributed by atoms with van der Waals surface area (Å²) in [7, 11) is 0. The summed E-state index contributed by atoms with van der Waals surface area (Å²) in [4.78, 5) is 17.5. The fraction of sp³-hybridized carbons (Fsp3) is 0.462. The predicted molar refractivity (Wildman–Crippen MR) is 131 cm³/mol. The first-order valence-electron chi connectivity index (χ1n) is 11.4. The number of rotatable bonds is 4. The normalized spacial score (nSPS) is 13.8. The van der Waals surface area contributed by atoms with Crippen molar-refractivity contribution in [1.29, 1.82) is 0 Å². The molecule has 0 saturated heterocycles. The van der Waals surface area contributed by atoms with Gasteiger partial charge in [0.1, 0.15) is 0 Å². The molecule has 1 aliphatic carbocycles. The standard InChI is InChI=1S/C22H24N2OS.2C2H6/c1-14-11-12-18(17-10-6-5-9-16(14)17)20-19(24-22(26-20)21(23)25)13-15-7-3-2-4-8-15;2*1-2/h5-6,9-12,15H,2-4,7-8,13H2,1H3,(H2,23,25);2*1-2H3. The highest BCUT2D eigenvalue weighted by Gasteiger charge is 2.22. The van der Waals surface area contributed by atoms with E-state index in [1.807, 2.05) is 27.7 Å². The van der Waals surface area contributed by atoms with Crippen LogP contribution in [0.3, 0.4) is 0 Å². The van der Waals surface area contributed by atoms with Crippen LogP contribution in [0.25, 0.3) is 21.2 Å². The lowest BCUT2D eigenvalue weighted by atomic mass is 9.85. The maximum Gasteiger partial charge on any atom is 0.277 e. The Hall–Kier alpha value is -2.20. The van der Waals surface area contributed by atoms with Crippen LogP contribution in [0.2, 0.25) is 0 Å². The second-order valence-electron chi connectivity index (χ2n) is 7.34. The number of aryl methyl sites for hydroxylation is 1. The van der Waals surface area contributed by atoms with Crippen molar-refractivity contribution in [2.75, 3.05) is 0 Å². The molecule has 0 aliphatic heterocycles. The first-order chi connectivity index (χ1) is 14.6. The zero-order valence-electron chi connectivity index (χ0n) is 19.1. The van der Waals surface area contributed by atoms with Crippen LogP contribution < -0.4 is 5.73 Å². The molecule has 1 heterocycles. The third kappa shape index (κ3) is 5.48. The lowest BCUT2D eigenvalue weighted by Gasteiger charge is -2.21. The maximum absolute atomic E-state index is 11.8. The molecule has 1 aromatic heterocycles. The molecule has 0 radical (unpaired) electrons. The Morgan fingerprint density at radius 2 is 1.63 bits per heavy atom. The van der Waals surface area contributed by atoms with Gasteiger partial charge in [-0.3, -0.25) is 4.79 Å². The van der Waals surface area contributed by atoms with Crippen molar-refractivity contribution in [3.8, 4) is 10.4 Å². The third-order valence-electron chi connectivity index (χ3n) is 5.50. The molecule has 4 heteroatoms. The Balaban J connectivity index is 0.000000757. The van der Waals surface area contributed by atoms with E-state index < -0.39 is 5.91 Å². The molecule has 0 bridgehead atoms. The van der Waals surface area contributed by atoms with Crippen LogP contribution in [0.15, 0.2) is 36.4 Å². The van der Waals surface area contributed by atoms with Crippen molar-refractivity contribution < 1.29 is 4.79 Å². The molecule has 4 rings (SSSR count). The Labute approximate surface area is 185 Å².